The summed E-state index contributed by atoms with van der Waals surface area (Å²) in [7, 11) is 3.05. The Morgan fingerprint density at radius 1 is 0.818 bits per heavy atom. The SMILES string of the molecule is COc1ccc(NC2=C(c3ccc(C)cc3C)C(=O)N(c3ccc(F)cc3)C2=O)cc1OC. The molecule has 0 atom stereocenters. The van der Waals surface area contributed by atoms with Gasteiger partial charge in [0.2, 0.25) is 0 Å². The van der Waals surface area contributed by atoms with Crippen LogP contribution >= 0.6 is 0 Å². The van der Waals surface area contributed by atoms with Gasteiger partial charge in [0.1, 0.15) is 11.5 Å². The van der Waals surface area contributed by atoms with Crippen LogP contribution in [0.2, 0.25) is 0 Å². The maximum Gasteiger partial charge on any atom is 0.282 e. The van der Waals surface area contributed by atoms with Gasteiger partial charge in [0, 0.05) is 11.8 Å². The van der Waals surface area contributed by atoms with Crippen LogP contribution in [0.15, 0.2) is 66.4 Å². The number of hydrogen-bond acceptors (Lipinski definition) is 5. The predicted octanol–water partition coefficient (Wildman–Crippen LogP) is 4.86. The van der Waals surface area contributed by atoms with E-state index in [1.807, 2.05) is 32.0 Å². The number of imide groups is 1. The average molecular weight is 446 g/mol. The highest BCUT2D eigenvalue weighted by Gasteiger charge is 2.40. The first-order chi connectivity index (χ1) is 15.8. The highest BCUT2D eigenvalue weighted by molar-refractivity contribution is 6.46. The van der Waals surface area contributed by atoms with E-state index >= 15 is 0 Å². The molecular formula is C26H23FN2O4. The molecule has 4 rings (SSSR count). The molecule has 3 aromatic carbocycles. The van der Waals surface area contributed by atoms with Crippen molar-refractivity contribution in [3.63, 3.8) is 0 Å². The van der Waals surface area contributed by atoms with Crippen LogP contribution in [0.3, 0.4) is 0 Å². The first kappa shape index (κ1) is 22.1. The Bertz CT molecular complexity index is 1280. The van der Waals surface area contributed by atoms with E-state index in [2.05, 4.69) is 5.32 Å². The molecule has 1 N–H and O–H groups in total. The standard InChI is InChI=1S/C26H23FN2O4/c1-15-5-11-20(16(2)13-15)23-24(28-18-8-12-21(32-3)22(14-18)33-4)26(31)29(25(23)30)19-9-6-17(27)7-10-19/h5-14,28H,1-4H3. The van der Waals surface area contributed by atoms with Crippen molar-refractivity contribution in [1.82, 2.24) is 0 Å². The second-order valence-corrected chi connectivity index (χ2v) is 7.69. The van der Waals surface area contributed by atoms with E-state index in [0.29, 0.717) is 22.7 Å². The molecule has 168 valence electrons. The highest BCUT2D eigenvalue weighted by Crippen LogP contribution is 2.37. The Kier molecular flexibility index (Phi) is 5.87. The van der Waals surface area contributed by atoms with Crippen LogP contribution in [0.1, 0.15) is 16.7 Å². The van der Waals surface area contributed by atoms with E-state index < -0.39 is 17.6 Å². The summed E-state index contributed by atoms with van der Waals surface area (Å²) in [6.45, 7) is 3.85. The fourth-order valence-electron chi connectivity index (χ4n) is 3.87. The van der Waals surface area contributed by atoms with Gasteiger partial charge in [0.05, 0.1) is 25.5 Å². The Hall–Kier alpha value is -4.13. The molecule has 0 spiro atoms. The van der Waals surface area contributed by atoms with Crippen molar-refractivity contribution in [2.24, 2.45) is 0 Å². The molecule has 0 radical (unpaired) electrons. The first-order valence-electron chi connectivity index (χ1n) is 10.3. The van der Waals surface area contributed by atoms with Gasteiger partial charge in [-0.1, -0.05) is 23.8 Å². The maximum atomic E-state index is 13.5. The zero-order valence-corrected chi connectivity index (χ0v) is 18.7. The van der Waals surface area contributed by atoms with Gasteiger partial charge in [-0.05, 0) is 61.4 Å². The lowest BCUT2D eigenvalue weighted by atomic mass is 9.97. The van der Waals surface area contributed by atoms with Crippen molar-refractivity contribution in [1.29, 1.82) is 0 Å². The average Bonchev–Trinajstić information content (AvgIpc) is 3.04. The number of ether oxygens (including phenoxy) is 2. The summed E-state index contributed by atoms with van der Waals surface area (Å²) in [6, 6.07) is 16.0. The number of methoxy groups -OCH3 is 2. The molecule has 6 nitrogen and oxygen atoms in total. The van der Waals surface area contributed by atoms with Crippen molar-refractivity contribution < 1.29 is 23.5 Å². The number of carbonyl (C=O) groups is 2. The van der Waals surface area contributed by atoms with Crippen molar-refractivity contribution in [2.45, 2.75) is 13.8 Å². The van der Waals surface area contributed by atoms with Gasteiger partial charge in [-0.25, -0.2) is 9.29 Å². The lowest BCUT2D eigenvalue weighted by Crippen LogP contribution is -2.32. The number of nitrogens with zero attached hydrogens (tertiary/aromatic N) is 1. The summed E-state index contributed by atoms with van der Waals surface area (Å²) in [6.07, 6.45) is 0. The minimum absolute atomic E-state index is 0.128. The van der Waals surface area contributed by atoms with E-state index in [9.17, 15) is 14.0 Å². The fourth-order valence-corrected chi connectivity index (χ4v) is 3.87. The van der Waals surface area contributed by atoms with Crippen LogP contribution in [-0.4, -0.2) is 26.0 Å². The third-order valence-corrected chi connectivity index (χ3v) is 5.47. The zero-order chi connectivity index (χ0) is 23.7. The molecule has 1 aliphatic heterocycles. The Morgan fingerprint density at radius 2 is 1.52 bits per heavy atom. The van der Waals surface area contributed by atoms with Crippen LogP contribution < -0.4 is 19.7 Å². The molecule has 0 unspecified atom stereocenters. The lowest BCUT2D eigenvalue weighted by molar-refractivity contribution is -0.120. The van der Waals surface area contributed by atoms with Gasteiger partial charge >= 0.3 is 0 Å². The molecule has 0 fully saturated rings. The van der Waals surface area contributed by atoms with Gasteiger partial charge in [-0.2, -0.15) is 0 Å². The third-order valence-electron chi connectivity index (χ3n) is 5.47. The second-order valence-electron chi connectivity index (χ2n) is 7.69. The monoisotopic (exact) mass is 446 g/mol. The fraction of sp³-hybridized carbons (Fsp3) is 0.154. The molecule has 7 heteroatoms. The summed E-state index contributed by atoms with van der Waals surface area (Å²) in [5, 5.41) is 3.11. The summed E-state index contributed by atoms with van der Waals surface area (Å²) in [5.41, 5.74) is 3.76. The van der Waals surface area contributed by atoms with E-state index in [-0.39, 0.29) is 17.0 Å². The quantitative estimate of drug-likeness (QED) is 0.548. The number of rotatable bonds is 6. The van der Waals surface area contributed by atoms with E-state index in [1.54, 1.807) is 18.2 Å². The molecule has 0 saturated carbocycles. The summed E-state index contributed by atoms with van der Waals surface area (Å²) < 4.78 is 24.1. The predicted molar refractivity (Wildman–Crippen MR) is 125 cm³/mol. The minimum atomic E-state index is -0.531. The Balaban J connectivity index is 1.84. The van der Waals surface area contributed by atoms with Gasteiger partial charge in [0.15, 0.2) is 11.5 Å². The smallest absolute Gasteiger partial charge is 0.282 e. The van der Waals surface area contributed by atoms with Gasteiger partial charge in [-0.15, -0.1) is 0 Å². The van der Waals surface area contributed by atoms with Crippen molar-refractivity contribution in [3.8, 4) is 11.5 Å². The number of nitrogens with one attached hydrogen (secondary N) is 1. The molecule has 33 heavy (non-hydrogen) atoms. The molecular weight excluding hydrogens is 423 g/mol. The summed E-state index contributed by atoms with van der Waals surface area (Å²) in [4.78, 5) is 28.1. The van der Waals surface area contributed by atoms with E-state index in [1.165, 1.54) is 38.5 Å². The van der Waals surface area contributed by atoms with Crippen LogP contribution in [0, 0.1) is 19.7 Å². The summed E-state index contributed by atoms with van der Waals surface area (Å²) in [5.74, 6) is -0.460. The van der Waals surface area contributed by atoms with Crippen LogP contribution in [0.5, 0.6) is 11.5 Å². The minimum Gasteiger partial charge on any atom is -0.493 e. The van der Waals surface area contributed by atoms with E-state index in [4.69, 9.17) is 9.47 Å². The van der Waals surface area contributed by atoms with Gasteiger partial charge < -0.3 is 14.8 Å². The number of halogens is 1. The maximum absolute atomic E-state index is 13.5. The first-order valence-corrected chi connectivity index (χ1v) is 10.3. The van der Waals surface area contributed by atoms with E-state index in [0.717, 1.165) is 16.0 Å². The number of amides is 2. The molecule has 3 aromatic rings. The van der Waals surface area contributed by atoms with Gasteiger partial charge in [-0.3, -0.25) is 9.59 Å². The summed E-state index contributed by atoms with van der Waals surface area (Å²) >= 11 is 0. The number of benzene rings is 3. The topological polar surface area (TPSA) is 67.9 Å². The van der Waals surface area contributed by atoms with Gasteiger partial charge in [0.25, 0.3) is 11.8 Å². The largest absolute Gasteiger partial charge is 0.493 e. The van der Waals surface area contributed by atoms with Crippen LogP contribution in [0.4, 0.5) is 15.8 Å². The normalized spacial score (nSPS) is 13.5. The molecule has 0 aromatic heterocycles. The second kappa shape index (κ2) is 8.78. The third kappa shape index (κ3) is 4.05. The molecule has 0 saturated heterocycles. The molecule has 2 amide bonds. The van der Waals surface area contributed by atoms with Crippen molar-refractivity contribution >= 4 is 28.8 Å². The molecule has 1 heterocycles. The van der Waals surface area contributed by atoms with Crippen LogP contribution in [-0.2, 0) is 9.59 Å². The molecule has 0 aliphatic carbocycles. The molecule has 1 aliphatic rings. The Labute approximate surface area is 191 Å². The lowest BCUT2D eigenvalue weighted by Gasteiger charge is -2.16. The highest BCUT2D eigenvalue weighted by atomic mass is 19.1. The molecule has 0 bridgehead atoms. The number of carbonyl (C=O) groups excluding carboxylic acids is 2. The number of aryl methyl sites for hydroxylation is 2. The van der Waals surface area contributed by atoms with Crippen molar-refractivity contribution in [3.05, 3.63) is 88.9 Å². The van der Waals surface area contributed by atoms with Crippen LogP contribution in [0.25, 0.3) is 5.57 Å². The number of hydrogen-bond donors (Lipinski definition) is 1. The Morgan fingerprint density at radius 3 is 2.15 bits per heavy atom. The van der Waals surface area contributed by atoms with Crippen molar-refractivity contribution in [2.75, 3.05) is 24.4 Å². The zero-order valence-electron chi connectivity index (χ0n) is 18.7. The number of anilines is 2.